The molecule has 3 heterocycles. The number of nitrogens with zero attached hydrogens (tertiary/aromatic N) is 4. The number of halogens is 1. The lowest BCUT2D eigenvalue weighted by molar-refractivity contribution is 0.137. The topological polar surface area (TPSA) is 57.7 Å². The van der Waals surface area contributed by atoms with Crippen LogP contribution in [0.4, 0.5) is 4.39 Å². The number of aryl methyl sites for hydroxylation is 1. The molecule has 5 nitrogen and oxygen atoms in total. The van der Waals surface area contributed by atoms with Crippen LogP contribution in [-0.4, -0.2) is 31.4 Å². The smallest absolute Gasteiger partial charge is 0.156 e. The fourth-order valence-corrected chi connectivity index (χ4v) is 3.63. The van der Waals surface area contributed by atoms with Gasteiger partial charge in [0.1, 0.15) is 17.3 Å². The third-order valence-electron chi connectivity index (χ3n) is 4.85. The average molecular weight is 351 g/mol. The molecule has 1 fully saturated rings. The summed E-state index contributed by atoms with van der Waals surface area (Å²) in [6, 6.07) is 9.06. The fraction of sp³-hybridized carbons (Fsp3) is 0.350. The van der Waals surface area contributed by atoms with E-state index in [1.807, 2.05) is 25.1 Å². The van der Waals surface area contributed by atoms with Gasteiger partial charge in [0.25, 0.3) is 0 Å². The molecule has 0 amide bonds. The highest BCUT2D eigenvalue weighted by atomic mass is 19.1. The quantitative estimate of drug-likeness (QED) is 0.771. The van der Waals surface area contributed by atoms with Crippen molar-refractivity contribution >= 4 is 0 Å². The lowest BCUT2D eigenvalue weighted by Crippen LogP contribution is -2.33. The molecule has 1 N–H and O–H groups in total. The summed E-state index contributed by atoms with van der Waals surface area (Å²) >= 11 is 0. The molecule has 134 valence electrons. The monoisotopic (exact) mass is 351 g/mol. The Morgan fingerprint density at radius 3 is 2.81 bits per heavy atom. The van der Waals surface area contributed by atoms with Crippen LogP contribution < -0.4 is 0 Å². The number of piperidine rings is 1. The van der Waals surface area contributed by atoms with Gasteiger partial charge in [-0.15, -0.1) is 0 Å². The first-order valence-electron chi connectivity index (χ1n) is 9.03. The summed E-state index contributed by atoms with van der Waals surface area (Å²) in [5.41, 5.74) is 2.98. The van der Waals surface area contributed by atoms with Gasteiger partial charge < -0.3 is 4.98 Å². The van der Waals surface area contributed by atoms with Crippen LogP contribution in [0.25, 0.3) is 11.5 Å². The van der Waals surface area contributed by atoms with Crippen LogP contribution in [0.5, 0.6) is 0 Å². The van der Waals surface area contributed by atoms with Gasteiger partial charge in [0.15, 0.2) is 5.82 Å². The van der Waals surface area contributed by atoms with E-state index < -0.39 is 0 Å². The SMILES string of the molecule is Cc1nc(-c2ncc[nH]2)cc([C@H]2CCCCN2Cc2ccc(F)cc2)n1. The normalized spacial score (nSPS) is 18.2. The van der Waals surface area contributed by atoms with Crippen LogP contribution in [0.2, 0.25) is 0 Å². The molecule has 0 spiro atoms. The van der Waals surface area contributed by atoms with Crippen LogP contribution in [0.1, 0.15) is 42.4 Å². The number of benzene rings is 1. The summed E-state index contributed by atoms with van der Waals surface area (Å²) in [5, 5.41) is 0. The first-order valence-corrected chi connectivity index (χ1v) is 9.03. The summed E-state index contributed by atoms with van der Waals surface area (Å²) in [4.78, 5) is 19.1. The van der Waals surface area contributed by atoms with E-state index in [-0.39, 0.29) is 11.9 Å². The highest BCUT2D eigenvalue weighted by Crippen LogP contribution is 2.32. The van der Waals surface area contributed by atoms with Gasteiger partial charge in [-0.25, -0.2) is 19.3 Å². The molecule has 26 heavy (non-hydrogen) atoms. The summed E-state index contributed by atoms with van der Waals surface area (Å²) in [6.45, 7) is 3.73. The fourth-order valence-electron chi connectivity index (χ4n) is 3.63. The van der Waals surface area contributed by atoms with Crippen LogP contribution in [0.3, 0.4) is 0 Å². The molecule has 0 aliphatic carbocycles. The van der Waals surface area contributed by atoms with Crippen molar-refractivity contribution in [3.63, 3.8) is 0 Å². The van der Waals surface area contributed by atoms with Crippen molar-refractivity contribution in [2.24, 2.45) is 0 Å². The Balaban J connectivity index is 1.62. The van der Waals surface area contributed by atoms with Gasteiger partial charge in [0.2, 0.25) is 0 Å². The number of aromatic nitrogens is 4. The highest BCUT2D eigenvalue weighted by molar-refractivity contribution is 5.49. The molecule has 1 aliphatic rings. The second-order valence-corrected chi connectivity index (χ2v) is 6.77. The van der Waals surface area contributed by atoms with Crippen molar-refractivity contribution in [3.8, 4) is 11.5 Å². The van der Waals surface area contributed by atoms with Crippen LogP contribution in [0.15, 0.2) is 42.7 Å². The standard InChI is InChI=1S/C20H22FN5/c1-14-24-17(12-18(25-14)20-22-9-10-23-20)19-4-2-3-11-26(19)13-15-5-7-16(21)8-6-15/h5-10,12,19H,2-4,11,13H2,1H3,(H,22,23)/t19-/m1/s1. The maximum Gasteiger partial charge on any atom is 0.156 e. The Labute approximate surface area is 152 Å². The highest BCUT2D eigenvalue weighted by Gasteiger charge is 2.26. The number of hydrogen-bond acceptors (Lipinski definition) is 4. The third kappa shape index (κ3) is 3.65. The molecule has 1 aromatic carbocycles. The zero-order valence-corrected chi connectivity index (χ0v) is 14.8. The first kappa shape index (κ1) is 16.8. The lowest BCUT2D eigenvalue weighted by Gasteiger charge is -2.35. The van der Waals surface area contributed by atoms with E-state index in [4.69, 9.17) is 4.98 Å². The van der Waals surface area contributed by atoms with E-state index in [1.54, 1.807) is 12.4 Å². The molecule has 6 heteroatoms. The third-order valence-corrected chi connectivity index (χ3v) is 4.85. The molecule has 1 saturated heterocycles. The number of hydrogen-bond donors (Lipinski definition) is 1. The van der Waals surface area contributed by atoms with Crippen molar-refractivity contribution < 1.29 is 4.39 Å². The van der Waals surface area contributed by atoms with Crippen molar-refractivity contribution in [1.82, 2.24) is 24.8 Å². The second kappa shape index (κ2) is 7.33. The molecule has 4 rings (SSSR count). The zero-order valence-electron chi connectivity index (χ0n) is 14.8. The van der Waals surface area contributed by atoms with Crippen molar-refractivity contribution in [3.05, 3.63) is 65.6 Å². The predicted octanol–water partition coefficient (Wildman–Crippen LogP) is 4.04. The molecule has 1 atom stereocenters. The van der Waals surface area contributed by atoms with Crippen LogP contribution >= 0.6 is 0 Å². The molecule has 0 saturated carbocycles. The Hall–Kier alpha value is -2.60. The largest absolute Gasteiger partial charge is 0.343 e. The minimum Gasteiger partial charge on any atom is -0.343 e. The first-order chi connectivity index (χ1) is 12.7. The molecule has 3 aromatic rings. The van der Waals surface area contributed by atoms with Crippen molar-refractivity contribution in [2.75, 3.05) is 6.54 Å². The molecule has 1 aliphatic heterocycles. The predicted molar refractivity (Wildman–Crippen MR) is 97.8 cm³/mol. The zero-order chi connectivity index (χ0) is 17.9. The lowest BCUT2D eigenvalue weighted by atomic mass is 9.97. The van der Waals surface area contributed by atoms with Gasteiger partial charge in [-0.05, 0) is 50.1 Å². The number of likely N-dealkylation sites (tertiary alicyclic amines) is 1. The van der Waals surface area contributed by atoms with E-state index in [0.717, 1.165) is 48.1 Å². The Kier molecular flexibility index (Phi) is 4.75. The van der Waals surface area contributed by atoms with Gasteiger partial charge in [-0.2, -0.15) is 0 Å². The van der Waals surface area contributed by atoms with Gasteiger partial charge in [-0.3, -0.25) is 4.90 Å². The van der Waals surface area contributed by atoms with Gasteiger partial charge in [0, 0.05) is 18.9 Å². The van der Waals surface area contributed by atoms with Gasteiger partial charge in [0.05, 0.1) is 11.7 Å². The minimum atomic E-state index is -0.196. The van der Waals surface area contributed by atoms with Crippen LogP contribution in [-0.2, 0) is 6.54 Å². The molecular formula is C20H22FN5. The number of aromatic amines is 1. The van der Waals surface area contributed by atoms with E-state index in [9.17, 15) is 4.39 Å². The molecule has 0 bridgehead atoms. The van der Waals surface area contributed by atoms with E-state index in [1.165, 1.54) is 25.0 Å². The minimum absolute atomic E-state index is 0.196. The number of H-pyrrole nitrogens is 1. The summed E-state index contributed by atoms with van der Waals surface area (Å²) in [7, 11) is 0. The summed E-state index contributed by atoms with van der Waals surface area (Å²) < 4.78 is 13.2. The molecule has 0 unspecified atom stereocenters. The van der Waals surface area contributed by atoms with E-state index >= 15 is 0 Å². The molecular weight excluding hydrogens is 329 g/mol. The summed E-state index contributed by atoms with van der Waals surface area (Å²) in [5.74, 6) is 1.32. The summed E-state index contributed by atoms with van der Waals surface area (Å²) in [6.07, 6.45) is 6.95. The molecule has 0 radical (unpaired) electrons. The number of rotatable bonds is 4. The van der Waals surface area contributed by atoms with Crippen LogP contribution in [0, 0.1) is 12.7 Å². The number of imidazole rings is 1. The van der Waals surface area contributed by atoms with Crippen molar-refractivity contribution in [1.29, 1.82) is 0 Å². The maximum atomic E-state index is 13.2. The Morgan fingerprint density at radius 1 is 1.19 bits per heavy atom. The van der Waals surface area contributed by atoms with Gasteiger partial charge >= 0.3 is 0 Å². The maximum absolute atomic E-state index is 13.2. The number of nitrogens with one attached hydrogen (secondary N) is 1. The average Bonchev–Trinajstić information content (AvgIpc) is 3.18. The van der Waals surface area contributed by atoms with Crippen molar-refractivity contribution in [2.45, 2.75) is 38.8 Å². The second-order valence-electron chi connectivity index (χ2n) is 6.77. The van der Waals surface area contributed by atoms with Gasteiger partial charge in [-0.1, -0.05) is 18.6 Å². The van der Waals surface area contributed by atoms with E-state index in [2.05, 4.69) is 19.9 Å². The Bertz CT molecular complexity index is 860. The molecule has 2 aromatic heterocycles. The Morgan fingerprint density at radius 2 is 2.04 bits per heavy atom. The van der Waals surface area contributed by atoms with E-state index in [0.29, 0.717) is 0 Å².